The van der Waals surface area contributed by atoms with Crippen LogP contribution in [0.3, 0.4) is 0 Å². The van der Waals surface area contributed by atoms with E-state index >= 15 is 0 Å². The monoisotopic (exact) mass is 375 g/mol. The first-order valence-corrected chi connectivity index (χ1v) is 11.4. The summed E-state index contributed by atoms with van der Waals surface area (Å²) in [5, 5.41) is 6.50. The molecule has 7 nitrogen and oxygen atoms in total. The molecule has 0 aromatic rings. The van der Waals surface area contributed by atoms with Crippen LogP contribution >= 0.6 is 0 Å². The Labute approximate surface area is 154 Å². The minimum atomic E-state index is -3.09. The standard InChI is InChI=1S/C17H37N5O2S/c1-4-18-17(19-11-8-13-21-25(23,24)5-2)20-12-9-15-22-14-7-6-10-16(22)3/h16,21H,4-15H2,1-3H3,(H2,18,19,20). The summed E-state index contributed by atoms with van der Waals surface area (Å²) in [6, 6.07) is 0.705. The number of hydrogen-bond donors (Lipinski definition) is 3. The zero-order chi connectivity index (χ0) is 18.5. The molecule has 1 aliphatic rings. The van der Waals surface area contributed by atoms with Gasteiger partial charge in [-0.2, -0.15) is 0 Å². The highest BCUT2D eigenvalue weighted by molar-refractivity contribution is 7.89. The fraction of sp³-hybridized carbons (Fsp3) is 0.941. The molecule has 1 saturated heterocycles. The van der Waals surface area contributed by atoms with Crippen molar-refractivity contribution in [2.24, 2.45) is 4.99 Å². The van der Waals surface area contributed by atoms with Crippen LogP contribution in [0.15, 0.2) is 4.99 Å². The van der Waals surface area contributed by atoms with Gasteiger partial charge in [0.25, 0.3) is 0 Å². The molecule has 1 heterocycles. The van der Waals surface area contributed by atoms with Crippen molar-refractivity contribution in [3.63, 3.8) is 0 Å². The van der Waals surface area contributed by atoms with Crippen molar-refractivity contribution in [2.75, 3.05) is 45.0 Å². The number of piperidine rings is 1. The third-order valence-electron chi connectivity index (χ3n) is 4.51. The Morgan fingerprint density at radius 3 is 2.64 bits per heavy atom. The molecule has 0 aromatic heterocycles. The van der Waals surface area contributed by atoms with E-state index in [0.29, 0.717) is 19.1 Å². The number of aliphatic imine (C=N–C) groups is 1. The van der Waals surface area contributed by atoms with Crippen LogP contribution in [-0.4, -0.2) is 70.3 Å². The smallest absolute Gasteiger partial charge is 0.211 e. The predicted octanol–water partition coefficient (Wildman–Crippen LogP) is 1.14. The number of guanidine groups is 1. The zero-order valence-electron chi connectivity index (χ0n) is 16.2. The quantitative estimate of drug-likeness (QED) is 0.286. The van der Waals surface area contributed by atoms with Gasteiger partial charge >= 0.3 is 0 Å². The van der Waals surface area contributed by atoms with Gasteiger partial charge < -0.3 is 15.5 Å². The van der Waals surface area contributed by atoms with Gasteiger partial charge in [0.15, 0.2) is 5.96 Å². The van der Waals surface area contributed by atoms with Crippen molar-refractivity contribution in [3.05, 3.63) is 0 Å². The van der Waals surface area contributed by atoms with E-state index in [1.165, 1.54) is 25.8 Å². The van der Waals surface area contributed by atoms with E-state index in [1.807, 2.05) is 6.92 Å². The van der Waals surface area contributed by atoms with Crippen molar-refractivity contribution in [1.29, 1.82) is 0 Å². The van der Waals surface area contributed by atoms with Crippen LogP contribution < -0.4 is 15.4 Å². The summed E-state index contributed by atoms with van der Waals surface area (Å²) in [7, 11) is -3.09. The Morgan fingerprint density at radius 2 is 1.96 bits per heavy atom. The lowest BCUT2D eigenvalue weighted by atomic mass is 10.0. The summed E-state index contributed by atoms with van der Waals surface area (Å²) in [6.07, 6.45) is 5.79. The SMILES string of the molecule is CCNC(=NCCCN1CCCCC1C)NCCCNS(=O)(=O)CC. The van der Waals surface area contributed by atoms with Gasteiger partial charge in [0.1, 0.15) is 0 Å². The number of nitrogens with zero attached hydrogens (tertiary/aromatic N) is 2. The molecule has 1 fully saturated rings. The van der Waals surface area contributed by atoms with Gasteiger partial charge in [-0.05, 0) is 53.0 Å². The lowest BCUT2D eigenvalue weighted by Crippen LogP contribution is -2.39. The number of sulfonamides is 1. The molecule has 0 radical (unpaired) electrons. The van der Waals surface area contributed by atoms with Gasteiger partial charge in [-0.3, -0.25) is 4.99 Å². The Bertz CT molecular complexity index is 481. The van der Waals surface area contributed by atoms with Gasteiger partial charge in [-0.25, -0.2) is 13.1 Å². The molecule has 0 saturated carbocycles. The highest BCUT2D eigenvalue weighted by atomic mass is 32.2. The topological polar surface area (TPSA) is 85.8 Å². The molecule has 3 N–H and O–H groups in total. The first-order valence-electron chi connectivity index (χ1n) is 9.72. The minimum absolute atomic E-state index is 0.125. The fourth-order valence-electron chi connectivity index (χ4n) is 2.92. The largest absolute Gasteiger partial charge is 0.357 e. The average molecular weight is 376 g/mol. The molecule has 148 valence electrons. The summed E-state index contributed by atoms with van der Waals surface area (Å²) >= 11 is 0. The zero-order valence-corrected chi connectivity index (χ0v) is 17.0. The van der Waals surface area contributed by atoms with E-state index in [-0.39, 0.29) is 5.75 Å². The highest BCUT2D eigenvalue weighted by Gasteiger charge is 2.16. The van der Waals surface area contributed by atoms with E-state index < -0.39 is 10.0 Å². The number of likely N-dealkylation sites (tertiary alicyclic amines) is 1. The van der Waals surface area contributed by atoms with Crippen LogP contribution in [-0.2, 0) is 10.0 Å². The maximum Gasteiger partial charge on any atom is 0.211 e. The number of nitrogens with one attached hydrogen (secondary N) is 3. The van der Waals surface area contributed by atoms with E-state index in [2.05, 4.69) is 32.2 Å². The van der Waals surface area contributed by atoms with Crippen molar-refractivity contribution < 1.29 is 8.42 Å². The van der Waals surface area contributed by atoms with Gasteiger partial charge in [0.2, 0.25) is 10.0 Å². The van der Waals surface area contributed by atoms with E-state index in [1.54, 1.807) is 6.92 Å². The summed E-state index contributed by atoms with van der Waals surface area (Å²) in [5.41, 5.74) is 0. The number of hydrogen-bond acceptors (Lipinski definition) is 4. The van der Waals surface area contributed by atoms with Crippen LogP contribution in [0.5, 0.6) is 0 Å². The molecule has 1 aliphatic heterocycles. The highest BCUT2D eigenvalue weighted by Crippen LogP contribution is 2.16. The van der Waals surface area contributed by atoms with Gasteiger partial charge in [0, 0.05) is 38.8 Å². The second kappa shape index (κ2) is 12.5. The Balaban J connectivity index is 2.22. The summed E-state index contributed by atoms with van der Waals surface area (Å²) in [5.74, 6) is 0.938. The van der Waals surface area contributed by atoms with Crippen molar-refractivity contribution in [2.45, 2.75) is 58.9 Å². The Morgan fingerprint density at radius 1 is 1.16 bits per heavy atom. The molecular weight excluding hydrogens is 338 g/mol. The molecule has 1 unspecified atom stereocenters. The summed E-state index contributed by atoms with van der Waals surface area (Å²) in [4.78, 5) is 7.18. The lowest BCUT2D eigenvalue weighted by Gasteiger charge is -2.33. The van der Waals surface area contributed by atoms with Crippen LogP contribution in [0, 0.1) is 0 Å². The fourth-order valence-corrected chi connectivity index (χ4v) is 3.58. The van der Waals surface area contributed by atoms with Gasteiger partial charge in [-0.1, -0.05) is 6.42 Å². The van der Waals surface area contributed by atoms with Crippen LogP contribution in [0.1, 0.15) is 52.9 Å². The lowest BCUT2D eigenvalue weighted by molar-refractivity contribution is 0.160. The molecule has 0 amide bonds. The molecule has 1 atom stereocenters. The van der Waals surface area contributed by atoms with Crippen LogP contribution in [0.2, 0.25) is 0 Å². The third kappa shape index (κ3) is 10.0. The molecule has 0 bridgehead atoms. The molecule has 0 spiro atoms. The van der Waals surface area contributed by atoms with Gasteiger partial charge in [0.05, 0.1) is 5.75 Å². The van der Waals surface area contributed by atoms with Crippen molar-refractivity contribution in [3.8, 4) is 0 Å². The molecule has 1 rings (SSSR count). The molecule has 0 aromatic carbocycles. The first-order chi connectivity index (χ1) is 12.0. The molecule has 0 aliphatic carbocycles. The average Bonchev–Trinajstić information content (AvgIpc) is 2.59. The van der Waals surface area contributed by atoms with E-state index in [9.17, 15) is 8.42 Å². The second-order valence-corrected chi connectivity index (χ2v) is 8.67. The second-order valence-electron chi connectivity index (χ2n) is 6.57. The van der Waals surface area contributed by atoms with Crippen molar-refractivity contribution in [1.82, 2.24) is 20.3 Å². The van der Waals surface area contributed by atoms with Crippen molar-refractivity contribution >= 4 is 16.0 Å². The summed E-state index contributed by atoms with van der Waals surface area (Å²) in [6.45, 7) is 11.1. The molecule has 25 heavy (non-hydrogen) atoms. The Hall–Kier alpha value is -0.860. The molecule has 8 heteroatoms. The Kier molecular flexibility index (Phi) is 11.1. The normalized spacial score (nSPS) is 19.8. The maximum atomic E-state index is 11.4. The maximum absolute atomic E-state index is 11.4. The van der Waals surface area contributed by atoms with E-state index in [4.69, 9.17) is 0 Å². The van der Waals surface area contributed by atoms with E-state index in [0.717, 1.165) is 38.4 Å². The summed E-state index contributed by atoms with van der Waals surface area (Å²) < 4.78 is 25.3. The number of rotatable bonds is 11. The van der Waals surface area contributed by atoms with Gasteiger partial charge in [-0.15, -0.1) is 0 Å². The molecular formula is C17H37N5O2S. The van der Waals surface area contributed by atoms with Crippen LogP contribution in [0.4, 0.5) is 0 Å². The minimum Gasteiger partial charge on any atom is -0.357 e. The van der Waals surface area contributed by atoms with Crippen LogP contribution in [0.25, 0.3) is 0 Å². The third-order valence-corrected chi connectivity index (χ3v) is 5.91. The predicted molar refractivity (Wildman–Crippen MR) is 106 cm³/mol. The first kappa shape index (κ1) is 22.2.